The van der Waals surface area contributed by atoms with Gasteiger partial charge < -0.3 is 24.9 Å². The van der Waals surface area contributed by atoms with Gasteiger partial charge in [-0.2, -0.15) is 0 Å². The van der Waals surface area contributed by atoms with Crippen molar-refractivity contribution in [1.82, 2.24) is 4.90 Å². The van der Waals surface area contributed by atoms with Gasteiger partial charge in [-0.05, 0) is 36.4 Å². The second kappa shape index (κ2) is 11.8. The van der Waals surface area contributed by atoms with Gasteiger partial charge in [-0.1, -0.05) is 30.3 Å². The molecule has 1 aliphatic rings. The number of ether oxygens (including phenoxy) is 2. The Balaban J connectivity index is 1.18. The number of benzene rings is 3. The van der Waals surface area contributed by atoms with E-state index in [2.05, 4.69) is 16.3 Å². The molecule has 0 bridgehead atoms. The SMILES string of the molecule is Nc1ccccc1NC(=O)c1ccc(OCCN(C=O)c2cc3cccc(CN4CCOCC4)c3o2)cc1. The highest BCUT2D eigenvalue weighted by atomic mass is 16.5. The van der Waals surface area contributed by atoms with Gasteiger partial charge in [0.15, 0.2) is 0 Å². The summed E-state index contributed by atoms with van der Waals surface area (Å²) in [6, 6.07) is 21.8. The van der Waals surface area contributed by atoms with Crippen molar-refractivity contribution in [2.45, 2.75) is 6.54 Å². The second-order valence-corrected chi connectivity index (χ2v) is 9.02. The summed E-state index contributed by atoms with van der Waals surface area (Å²) in [6.45, 7) is 4.56. The number of amides is 2. The zero-order valence-corrected chi connectivity index (χ0v) is 21.0. The fourth-order valence-electron chi connectivity index (χ4n) is 4.36. The van der Waals surface area contributed by atoms with Crippen LogP contribution in [-0.4, -0.2) is 56.7 Å². The summed E-state index contributed by atoms with van der Waals surface area (Å²) in [7, 11) is 0. The molecule has 0 spiro atoms. The predicted molar refractivity (Wildman–Crippen MR) is 146 cm³/mol. The summed E-state index contributed by atoms with van der Waals surface area (Å²) in [4.78, 5) is 28.2. The van der Waals surface area contributed by atoms with Crippen molar-refractivity contribution in [2.24, 2.45) is 0 Å². The van der Waals surface area contributed by atoms with E-state index in [0.29, 0.717) is 35.1 Å². The van der Waals surface area contributed by atoms with E-state index in [1.54, 1.807) is 48.5 Å². The number of nitrogens with one attached hydrogen (secondary N) is 1. The molecule has 5 rings (SSSR count). The molecule has 3 N–H and O–H groups in total. The van der Waals surface area contributed by atoms with E-state index in [0.717, 1.165) is 55.8 Å². The molecule has 0 radical (unpaired) electrons. The largest absolute Gasteiger partial charge is 0.492 e. The molecular weight excluding hydrogens is 484 g/mol. The van der Waals surface area contributed by atoms with Gasteiger partial charge >= 0.3 is 0 Å². The minimum atomic E-state index is -0.264. The first-order valence-corrected chi connectivity index (χ1v) is 12.5. The van der Waals surface area contributed by atoms with E-state index in [4.69, 9.17) is 19.6 Å². The van der Waals surface area contributed by atoms with Gasteiger partial charge in [0.25, 0.3) is 5.91 Å². The van der Waals surface area contributed by atoms with Crippen molar-refractivity contribution >= 4 is 40.5 Å². The third-order valence-corrected chi connectivity index (χ3v) is 6.45. The van der Waals surface area contributed by atoms with E-state index < -0.39 is 0 Å². The Morgan fingerprint density at radius 3 is 2.61 bits per heavy atom. The molecule has 1 aromatic heterocycles. The van der Waals surface area contributed by atoms with Gasteiger partial charge in [-0.15, -0.1) is 0 Å². The zero-order valence-electron chi connectivity index (χ0n) is 21.0. The molecule has 9 nitrogen and oxygen atoms in total. The van der Waals surface area contributed by atoms with Crippen molar-refractivity contribution < 1.29 is 23.5 Å². The van der Waals surface area contributed by atoms with Crippen molar-refractivity contribution in [3.63, 3.8) is 0 Å². The topological polar surface area (TPSA) is 110 Å². The van der Waals surface area contributed by atoms with Gasteiger partial charge in [-0.3, -0.25) is 19.4 Å². The van der Waals surface area contributed by atoms with Gasteiger partial charge in [0.2, 0.25) is 12.3 Å². The Bertz CT molecular complexity index is 1400. The molecule has 3 aromatic carbocycles. The first-order valence-electron chi connectivity index (χ1n) is 12.5. The summed E-state index contributed by atoms with van der Waals surface area (Å²) in [5.41, 5.74) is 9.30. The third-order valence-electron chi connectivity index (χ3n) is 6.45. The maximum absolute atomic E-state index is 12.5. The highest BCUT2D eigenvalue weighted by molar-refractivity contribution is 6.05. The van der Waals surface area contributed by atoms with Crippen LogP contribution in [0.15, 0.2) is 77.2 Å². The number of furan rings is 1. The number of fused-ring (bicyclic) bond motifs is 1. The molecule has 2 heterocycles. The van der Waals surface area contributed by atoms with E-state index in [1.807, 2.05) is 18.2 Å². The Morgan fingerprint density at radius 1 is 1.05 bits per heavy atom. The maximum Gasteiger partial charge on any atom is 0.255 e. The van der Waals surface area contributed by atoms with Gasteiger partial charge in [0.1, 0.15) is 17.9 Å². The molecule has 1 fully saturated rings. The Hall–Kier alpha value is -4.34. The molecular formula is C29H30N4O5. The van der Waals surface area contributed by atoms with Crippen LogP contribution in [0.4, 0.5) is 17.3 Å². The number of nitrogens with zero attached hydrogens (tertiary/aromatic N) is 2. The number of hydrogen-bond acceptors (Lipinski definition) is 7. The first-order chi connectivity index (χ1) is 18.6. The second-order valence-electron chi connectivity index (χ2n) is 9.02. The van der Waals surface area contributed by atoms with Crippen LogP contribution in [0, 0.1) is 0 Å². The summed E-state index contributed by atoms with van der Waals surface area (Å²) >= 11 is 0. The normalized spacial score (nSPS) is 13.8. The zero-order chi connectivity index (χ0) is 26.3. The molecule has 0 atom stereocenters. The number of rotatable bonds is 10. The number of nitrogen functional groups attached to an aromatic ring is 1. The van der Waals surface area contributed by atoms with Crippen LogP contribution in [0.25, 0.3) is 11.0 Å². The lowest BCUT2D eigenvalue weighted by atomic mass is 10.1. The number of morpholine rings is 1. The molecule has 9 heteroatoms. The molecule has 1 saturated heterocycles. The monoisotopic (exact) mass is 514 g/mol. The average Bonchev–Trinajstić information content (AvgIpc) is 3.38. The fraction of sp³-hybridized carbons (Fsp3) is 0.241. The minimum Gasteiger partial charge on any atom is -0.492 e. The van der Waals surface area contributed by atoms with Crippen LogP contribution in [0.1, 0.15) is 15.9 Å². The van der Waals surface area contributed by atoms with Crippen LogP contribution in [0.3, 0.4) is 0 Å². The lowest BCUT2D eigenvalue weighted by molar-refractivity contribution is -0.107. The molecule has 0 aliphatic carbocycles. The molecule has 0 unspecified atom stereocenters. The van der Waals surface area contributed by atoms with Crippen LogP contribution in [0.2, 0.25) is 0 Å². The van der Waals surface area contributed by atoms with Gasteiger partial charge in [-0.25, -0.2) is 0 Å². The molecule has 1 aliphatic heterocycles. The number of nitrogens with two attached hydrogens (primary N) is 1. The maximum atomic E-state index is 12.5. The number of hydrogen-bond donors (Lipinski definition) is 2. The number of carbonyl (C=O) groups excluding carboxylic acids is 2. The van der Waals surface area contributed by atoms with E-state index in [-0.39, 0.29) is 12.5 Å². The van der Waals surface area contributed by atoms with Crippen molar-refractivity contribution in [2.75, 3.05) is 55.4 Å². The van der Waals surface area contributed by atoms with Crippen molar-refractivity contribution in [3.8, 4) is 5.75 Å². The van der Waals surface area contributed by atoms with Crippen molar-refractivity contribution in [1.29, 1.82) is 0 Å². The lowest BCUT2D eigenvalue weighted by Crippen LogP contribution is -2.35. The van der Waals surface area contributed by atoms with Gasteiger partial charge in [0, 0.05) is 42.2 Å². The summed E-state index contributed by atoms with van der Waals surface area (Å²) in [5.74, 6) is 0.795. The van der Waals surface area contributed by atoms with Crippen LogP contribution < -0.4 is 20.7 Å². The van der Waals surface area contributed by atoms with E-state index in [9.17, 15) is 9.59 Å². The van der Waals surface area contributed by atoms with Crippen LogP contribution in [0.5, 0.6) is 5.75 Å². The summed E-state index contributed by atoms with van der Waals surface area (Å²) in [5, 5.41) is 3.75. The number of para-hydroxylation sites is 3. The van der Waals surface area contributed by atoms with E-state index >= 15 is 0 Å². The predicted octanol–water partition coefficient (Wildman–Crippen LogP) is 4.14. The van der Waals surface area contributed by atoms with Crippen LogP contribution >= 0.6 is 0 Å². The van der Waals surface area contributed by atoms with Crippen molar-refractivity contribution in [3.05, 3.63) is 83.9 Å². The Labute approximate surface area is 220 Å². The standard InChI is InChI=1S/C29H30N4O5/c30-25-6-1-2-7-26(25)31-29(35)21-8-10-24(11-9-21)37-17-14-33(20-34)27-18-22-4-3-5-23(28(22)38-27)19-32-12-15-36-16-13-32/h1-11,18,20H,12-17,19,30H2,(H,31,35). The molecule has 38 heavy (non-hydrogen) atoms. The minimum absolute atomic E-state index is 0.252. The van der Waals surface area contributed by atoms with Crippen LogP contribution in [-0.2, 0) is 16.1 Å². The fourth-order valence-corrected chi connectivity index (χ4v) is 4.36. The average molecular weight is 515 g/mol. The van der Waals surface area contributed by atoms with E-state index in [1.165, 1.54) is 4.90 Å². The van der Waals surface area contributed by atoms with Gasteiger partial charge in [0.05, 0.1) is 31.1 Å². The molecule has 196 valence electrons. The Morgan fingerprint density at radius 2 is 1.84 bits per heavy atom. The molecule has 2 amide bonds. The number of anilines is 3. The smallest absolute Gasteiger partial charge is 0.255 e. The summed E-state index contributed by atoms with van der Waals surface area (Å²) in [6.07, 6.45) is 0.742. The third kappa shape index (κ3) is 5.96. The highest BCUT2D eigenvalue weighted by Crippen LogP contribution is 2.29. The quantitative estimate of drug-likeness (QED) is 0.242. The molecule has 4 aromatic rings. The molecule has 0 saturated carbocycles. The Kier molecular flexibility index (Phi) is 7.86. The summed E-state index contributed by atoms with van der Waals surface area (Å²) < 4.78 is 17.4. The first kappa shape index (κ1) is 25.3. The number of carbonyl (C=O) groups is 2. The lowest BCUT2D eigenvalue weighted by Gasteiger charge is -2.26. The highest BCUT2D eigenvalue weighted by Gasteiger charge is 2.17.